The van der Waals surface area contributed by atoms with E-state index >= 15 is 0 Å². The molecule has 3 aromatic carbocycles. The molecule has 0 saturated carbocycles. The van der Waals surface area contributed by atoms with Crippen molar-refractivity contribution in [1.29, 1.82) is 0 Å². The molecule has 0 radical (unpaired) electrons. The molecule has 1 aliphatic heterocycles. The Morgan fingerprint density at radius 3 is 2.70 bits per heavy atom. The van der Waals surface area contributed by atoms with Gasteiger partial charge in [0.15, 0.2) is 11.5 Å². The molecule has 0 spiro atoms. The summed E-state index contributed by atoms with van der Waals surface area (Å²) in [6, 6.07) is 20.1. The highest BCUT2D eigenvalue weighted by atomic mass is 35.5. The van der Waals surface area contributed by atoms with E-state index in [-0.39, 0.29) is 6.04 Å². The van der Waals surface area contributed by atoms with Crippen LogP contribution in [0.1, 0.15) is 35.3 Å². The third-order valence-electron chi connectivity index (χ3n) is 6.10. The number of ether oxygens (including phenoxy) is 3. The van der Waals surface area contributed by atoms with Crippen LogP contribution in [0.4, 0.5) is 0 Å². The predicted molar refractivity (Wildman–Crippen MR) is 132 cm³/mol. The number of hydrogen-bond acceptors (Lipinski definition) is 4. The molecule has 33 heavy (non-hydrogen) atoms. The first-order valence-corrected chi connectivity index (χ1v) is 11.6. The van der Waals surface area contributed by atoms with E-state index in [1.165, 1.54) is 16.6 Å². The number of methoxy groups -OCH3 is 1. The molecule has 4 aromatic rings. The van der Waals surface area contributed by atoms with E-state index in [2.05, 4.69) is 34.6 Å². The Balaban J connectivity index is 1.46. The molecule has 0 unspecified atom stereocenters. The smallest absolute Gasteiger partial charge is 0.161 e. The van der Waals surface area contributed by atoms with Gasteiger partial charge in [0.25, 0.3) is 0 Å². The Bertz CT molecular complexity index is 1280. The van der Waals surface area contributed by atoms with Gasteiger partial charge in [-0.1, -0.05) is 35.9 Å². The molecule has 5 rings (SSSR count). The zero-order valence-corrected chi connectivity index (χ0v) is 19.5. The van der Waals surface area contributed by atoms with Gasteiger partial charge in [-0.3, -0.25) is 0 Å². The molecule has 0 aliphatic carbocycles. The lowest BCUT2D eigenvalue weighted by atomic mass is 9.94. The largest absolute Gasteiger partial charge is 0.497 e. The number of benzene rings is 3. The van der Waals surface area contributed by atoms with Crippen molar-refractivity contribution in [3.63, 3.8) is 0 Å². The summed E-state index contributed by atoms with van der Waals surface area (Å²) in [5.41, 5.74) is 5.72. The van der Waals surface area contributed by atoms with Gasteiger partial charge in [-0.2, -0.15) is 0 Å². The van der Waals surface area contributed by atoms with Crippen molar-refractivity contribution in [3.05, 3.63) is 88.1 Å². The highest BCUT2D eigenvalue weighted by Crippen LogP contribution is 2.38. The van der Waals surface area contributed by atoms with E-state index in [1.54, 1.807) is 7.11 Å². The summed E-state index contributed by atoms with van der Waals surface area (Å²) >= 11 is 6.29. The molecule has 1 aliphatic rings. The fourth-order valence-electron chi connectivity index (χ4n) is 4.48. The number of hydrogen-bond donors (Lipinski definition) is 2. The van der Waals surface area contributed by atoms with Gasteiger partial charge in [0.2, 0.25) is 0 Å². The lowest BCUT2D eigenvalue weighted by Gasteiger charge is -2.25. The maximum absolute atomic E-state index is 6.29. The average Bonchev–Trinajstić information content (AvgIpc) is 3.22. The Morgan fingerprint density at radius 1 is 1.00 bits per heavy atom. The van der Waals surface area contributed by atoms with Gasteiger partial charge in [0.1, 0.15) is 12.4 Å². The molecule has 1 atom stereocenters. The van der Waals surface area contributed by atoms with Crippen molar-refractivity contribution in [2.45, 2.75) is 26.0 Å². The number of halogens is 1. The minimum absolute atomic E-state index is 0.0453. The van der Waals surface area contributed by atoms with Crippen LogP contribution in [-0.2, 0) is 13.0 Å². The summed E-state index contributed by atoms with van der Waals surface area (Å²) in [5.74, 6) is 2.31. The van der Waals surface area contributed by atoms with Crippen LogP contribution in [0.5, 0.6) is 17.2 Å². The maximum atomic E-state index is 6.29. The van der Waals surface area contributed by atoms with Crippen LogP contribution in [0.2, 0.25) is 5.02 Å². The van der Waals surface area contributed by atoms with Crippen molar-refractivity contribution in [2.24, 2.45) is 0 Å². The standard InChI is InChI=1S/C27H27ClN2O3/c1-3-32-25-14-17(8-11-24(25)33-16-18-6-4-5-7-22(18)28)26-27-20(12-13-29-26)21-15-19(31-2)9-10-23(21)30-27/h4-11,14-15,26,29-30H,3,12-13,16H2,1-2H3/t26-/m1/s1. The summed E-state index contributed by atoms with van der Waals surface area (Å²) in [5, 5.41) is 5.58. The molecule has 0 saturated heterocycles. The molecule has 2 N–H and O–H groups in total. The Morgan fingerprint density at radius 2 is 1.88 bits per heavy atom. The summed E-state index contributed by atoms with van der Waals surface area (Å²) in [6.07, 6.45) is 0.969. The molecular weight excluding hydrogens is 436 g/mol. The molecule has 5 nitrogen and oxygen atoms in total. The highest BCUT2D eigenvalue weighted by Gasteiger charge is 2.26. The fourth-order valence-corrected chi connectivity index (χ4v) is 4.67. The van der Waals surface area contributed by atoms with Crippen LogP contribution >= 0.6 is 11.6 Å². The van der Waals surface area contributed by atoms with Gasteiger partial charge in [-0.25, -0.2) is 0 Å². The van der Waals surface area contributed by atoms with Crippen molar-refractivity contribution >= 4 is 22.5 Å². The SMILES string of the molecule is CCOc1cc([C@H]2NCCc3c2[nH]c2ccc(OC)cc32)ccc1OCc1ccccc1Cl. The topological polar surface area (TPSA) is 55.5 Å². The fraction of sp³-hybridized carbons (Fsp3) is 0.259. The van der Waals surface area contributed by atoms with Crippen molar-refractivity contribution < 1.29 is 14.2 Å². The Hall–Kier alpha value is -3.15. The van der Waals surface area contributed by atoms with E-state index in [1.807, 2.05) is 43.3 Å². The lowest BCUT2D eigenvalue weighted by Crippen LogP contribution is -2.30. The highest BCUT2D eigenvalue weighted by molar-refractivity contribution is 6.31. The first-order chi connectivity index (χ1) is 16.2. The summed E-state index contributed by atoms with van der Waals surface area (Å²) in [7, 11) is 1.70. The second kappa shape index (κ2) is 9.38. The van der Waals surface area contributed by atoms with E-state index in [0.717, 1.165) is 41.1 Å². The summed E-state index contributed by atoms with van der Waals surface area (Å²) in [4.78, 5) is 3.63. The molecule has 2 heterocycles. The first-order valence-electron chi connectivity index (χ1n) is 11.2. The molecular formula is C27H27ClN2O3. The second-order valence-electron chi connectivity index (χ2n) is 8.09. The minimum atomic E-state index is 0.0453. The van der Waals surface area contributed by atoms with Crippen LogP contribution in [0.25, 0.3) is 10.9 Å². The number of nitrogens with one attached hydrogen (secondary N) is 2. The Labute approximate surface area is 198 Å². The van der Waals surface area contributed by atoms with Crippen LogP contribution in [0, 0.1) is 0 Å². The van der Waals surface area contributed by atoms with Crippen LogP contribution < -0.4 is 19.5 Å². The predicted octanol–water partition coefficient (Wildman–Crippen LogP) is 6.04. The van der Waals surface area contributed by atoms with Gasteiger partial charge in [-0.05, 0) is 60.9 Å². The van der Waals surface area contributed by atoms with E-state index in [0.29, 0.717) is 24.0 Å². The minimum Gasteiger partial charge on any atom is -0.497 e. The lowest BCUT2D eigenvalue weighted by molar-refractivity contribution is 0.269. The van der Waals surface area contributed by atoms with Gasteiger partial charge in [-0.15, -0.1) is 0 Å². The van der Waals surface area contributed by atoms with Crippen molar-refractivity contribution in [3.8, 4) is 17.2 Å². The van der Waals surface area contributed by atoms with Gasteiger partial charge < -0.3 is 24.5 Å². The van der Waals surface area contributed by atoms with E-state index < -0.39 is 0 Å². The molecule has 0 amide bonds. The second-order valence-corrected chi connectivity index (χ2v) is 8.49. The normalized spacial score (nSPS) is 15.3. The number of rotatable bonds is 7. The van der Waals surface area contributed by atoms with Gasteiger partial charge in [0.05, 0.1) is 19.8 Å². The molecule has 6 heteroatoms. The van der Waals surface area contributed by atoms with E-state index in [9.17, 15) is 0 Å². The molecule has 0 fully saturated rings. The number of aromatic nitrogens is 1. The zero-order chi connectivity index (χ0) is 22.8. The number of fused-ring (bicyclic) bond motifs is 3. The maximum Gasteiger partial charge on any atom is 0.161 e. The molecule has 170 valence electrons. The number of aromatic amines is 1. The first kappa shape index (κ1) is 21.7. The third-order valence-corrected chi connectivity index (χ3v) is 6.47. The van der Waals surface area contributed by atoms with Crippen LogP contribution in [0.3, 0.4) is 0 Å². The number of H-pyrrole nitrogens is 1. The van der Waals surface area contributed by atoms with Crippen LogP contribution in [-0.4, -0.2) is 25.2 Å². The third kappa shape index (κ3) is 4.26. The van der Waals surface area contributed by atoms with Gasteiger partial charge in [0, 0.05) is 33.7 Å². The van der Waals surface area contributed by atoms with Crippen molar-refractivity contribution in [1.82, 2.24) is 10.3 Å². The van der Waals surface area contributed by atoms with Crippen LogP contribution in [0.15, 0.2) is 60.7 Å². The van der Waals surface area contributed by atoms with E-state index in [4.69, 9.17) is 25.8 Å². The Kier molecular flexibility index (Phi) is 6.16. The zero-order valence-electron chi connectivity index (χ0n) is 18.8. The summed E-state index contributed by atoms with van der Waals surface area (Å²) in [6.45, 7) is 3.82. The molecule has 0 bridgehead atoms. The molecule has 1 aromatic heterocycles. The monoisotopic (exact) mass is 462 g/mol. The quantitative estimate of drug-likeness (QED) is 0.351. The van der Waals surface area contributed by atoms with Gasteiger partial charge >= 0.3 is 0 Å². The summed E-state index contributed by atoms with van der Waals surface area (Å²) < 4.78 is 17.5. The average molecular weight is 463 g/mol. The van der Waals surface area contributed by atoms with Crippen molar-refractivity contribution in [2.75, 3.05) is 20.3 Å².